The molecule has 2 aromatic rings. The lowest BCUT2D eigenvalue weighted by Gasteiger charge is -2.19. The quantitative estimate of drug-likeness (QED) is 0.844. The van der Waals surface area contributed by atoms with Crippen molar-refractivity contribution in [2.45, 2.75) is 19.4 Å². The molecular formula is C18H17ClN2O3. The van der Waals surface area contributed by atoms with E-state index in [0.29, 0.717) is 28.8 Å². The summed E-state index contributed by atoms with van der Waals surface area (Å²) in [6.07, 6.45) is 0.0739. The first-order chi connectivity index (χ1) is 11.6. The first-order valence-electron chi connectivity index (χ1n) is 7.71. The highest BCUT2D eigenvalue weighted by atomic mass is 35.5. The Labute approximate surface area is 145 Å². The van der Waals surface area contributed by atoms with Gasteiger partial charge in [0.05, 0.1) is 29.4 Å². The van der Waals surface area contributed by atoms with Gasteiger partial charge in [-0.1, -0.05) is 35.9 Å². The molecule has 24 heavy (non-hydrogen) atoms. The van der Waals surface area contributed by atoms with Gasteiger partial charge < -0.3 is 10.1 Å². The fourth-order valence-electron chi connectivity index (χ4n) is 2.68. The number of amides is 2. The third-order valence-electron chi connectivity index (χ3n) is 3.76. The number of ether oxygens (including phenoxy) is 1. The summed E-state index contributed by atoms with van der Waals surface area (Å²) in [5.74, 6) is -0.0659. The predicted molar refractivity (Wildman–Crippen MR) is 93.6 cm³/mol. The van der Waals surface area contributed by atoms with Crippen molar-refractivity contribution in [2.24, 2.45) is 0 Å². The summed E-state index contributed by atoms with van der Waals surface area (Å²) in [5, 5.41) is 3.56. The third kappa shape index (κ3) is 3.08. The van der Waals surface area contributed by atoms with E-state index in [9.17, 15) is 9.59 Å². The van der Waals surface area contributed by atoms with Gasteiger partial charge in [0.1, 0.15) is 11.8 Å². The third-order valence-corrected chi connectivity index (χ3v) is 4.09. The number of carbonyl (C=O) groups is 2. The van der Waals surface area contributed by atoms with E-state index < -0.39 is 6.04 Å². The molecule has 1 atom stereocenters. The minimum Gasteiger partial charge on any atom is -0.492 e. The van der Waals surface area contributed by atoms with Crippen molar-refractivity contribution in [1.29, 1.82) is 0 Å². The second kappa shape index (κ2) is 6.93. The second-order valence-corrected chi connectivity index (χ2v) is 5.76. The van der Waals surface area contributed by atoms with Gasteiger partial charge in [0.2, 0.25) is 5.91 Å². The molecule has 1 fully saturated rings. The minimum atomic E-state index is -0.646. The Balaban J connectivity index is 1.86. The fourth-order valence-corrected chi connectivity index (χ4v) is 2.87. The Morgan fingerprint density at radius 3 is 2.62 bits per heavy atom. The maximum atomic E-state index is 12.7. The molecule has 1 saturated heterocycles. The molecule has 0 spiro atoms. The lowest BCUT2D eigenvalue weighted by atomic mass is 10.2. The number of benzene rings is 2. The molecule has 124 valence electrons. The Hall–Kier alpha value is -2.53. The smallest absolute Gasteiger partial charge is 0.256 e. The van der Waals surface area contributed by atoms with Crippen molar-refractivity contribution < 1.29 is 14.3 Å². The van der Waals surface area contributed by atoms with E-state index in [2.05, 4.69) is 5.32 Å². The minimum absolute atomic E-state index is 0.0739. The Bertz CT molecular complexity index is 778. The fraction of sp³-hybridized carbons (Fsp3) is 0.222. The van der Waals surface area contributed by atoms with Gasteiger partial charge in [-0.15, -0.1) is 0 Å². The van der Waals surface area contributed by atoms with Crippen molar-refractivity contribution in [1.82, 2.24) is 0 Å². The number of hydrogen-bond acceptors (Lipinski definition) is 4. The van der Waals surface area contributed by atoms with Crippen LogP contribution in [0.1, 0.15) is 13.3 Å². The standard InChI is InChI=1S/C18H17ClN2O3/c1-2-24-16-10-6-5-9-15(16)21-17(22)11-14(18(21)23)20-13-8-4-3-7-12(13)19/h3-10,14,20H,2,11H2,1H3/t14-/m0/s1. The zero-order valence-corrected chi connectivity index (χ0v) is 13.9. The number of hydrogen-bond donors (Lipinski definition) is 1. The molecule has 1 N–H and O–H groups in total. The maximum Gasteiger partial charge on any atom is 0.256 e. The molecule has 1 heterocycles. The zero-order valence-electron chi connectivity index (χ0n) is 13.2. The highest BCUT2D eigenvalue weighted by molar-refractivity contribution is 6.33. The lowest BCUT2D eigenvalue weighted by molar-refractivity contribution is -0.121. The summed E-state index contributed by atoms with van der Waals surface area (Å²) >= 11 is 6.11. The molecule has 0 aliphatic carbocycles. The summed E-state index contributed by atoms with van der Waals surface area (Å²) in [6, 6.07) is 13.5. The largest absolute Gasteiger partial charge is 0.492 e. The second-order valence-electron chi connectivity index (χ2n) is 5.35. The van der Waals surface area contributed by atoms with Gasteiger partial charge in [0, 0.05) is 0 Å². The molecule has 0 aromatic heterocycles. The number of halogens is 1. The molecule has 1 aliphatic heterocycles. The van der Waals surface area contributed by atoms with Gasteiger partial charge >= 0.3 is 0 Å². The van der Waals surface area contributed by atoms with Crippen LogP contribution in [-0.2, 0) is 9.59 Å². The monoisotopic (exact) mass is 344 g/mol. The van der Waals surface area contributed by atoms with E-state index in [1.165, 1.54) is 4.90 Å². The summed E-state index contributed by atoms with van der Waals surface area (Å²) < 4.78 is 5.53. The number of nitrogens with zero attached hydrogens (tertiary/aromatic N) is 1. The Kier molecular flexibility index (Phi) is 4.71. The van der Waals surface area contributed by atoms with Crippen LogP contribution in [0.2, 0.25) is 5.02 Å². The summed E-state index contributed by atoms with van der Waals surface area (Å²) in [4.78, 5) is 26.3. The molecule has 0 radical (unpaired) electrons. The molecule has 6 heteroatoms. The van der Waals surface area contributed by atoms with Crippen molar-refractivity contribution in [2.75, 3.05) is 16.8 Å². The van der Waals surface area contributed by atoms with E-state index in [1.807, 2.05) is 13.0 Å². The first kappa shape index (κ1) is 16.3. The number of anilines is 2. The number of para-hydroxylation sites is 3. The van der Waals surface area contributed by atoms with Gasteiger partial charge in [-0.3, -0.25) is 9.59 Å². The van der Waals surface area contributed by atoms with Gasteiger partial charge in [-0.2, -0.15) is 0 Å². The van der Waals surface area contributed by atoms with Crippen LogP contribution < -0.4 is 15.0 Å². The van der Waals surface area contributed by atoms with Crippen molar-refractivity contribution >= 4 is 34.8 Å². The molecule has 3 rings (SSSR count). The molecule has 0 unspecified atom stereocenters. The van der Waals surface area contributed by atoms with Gasteiger partial charge in [0.25, 0.3) is 5.91 Å². The van der Waals surface area contributed by atoms with Crippen molar-refractivity contribution in [3.8, 4) is 5.75 Å². The van der Waals surface area contributed by atoms with Crippen LogP contribution >= 0.6 is 11.6 Å². The van der Waals surface area contributed by atoms with Gasteiger partial charge in [0.15, 0.2) is 0 Å². The molecule has 2 aromatic carbocycles. The van der Waals surface area contributed by atoms with Crippen molar-refractivity contribution in [3.63, 3.8) is 0 Å². The molecule has 0 bridgehead atoms. The summed E-state index contributed by atoms with van der Waals surface area (Å²) in [5.41, 5.74) is 1.10. The lowest BCUT2D eigenvalue weighted by Crippen LogP contribution is -2.35. The van der Waals surface area contributed by atoms with Crippen LogP contribution in [-0.4, -0.2) is 24.5 Å². The van der Waals surface area contributed by atoms with E-state index in [1.54, 1.807) is 42.5 Å². The molecule has 1 aliphatic rings. The highest BCUT2D eigenvalue weighted by Gasteiger charge is 2.40. The van der Waals surface area contributed by atoms with Crippen LogP contribution in [0.15, 0.2) is 48.5 Å². The molecule has 5 nitrogen and oxygen atoms in total. The highest BCUT2D eigenvalue weighted by Crippen LogP contribution is 2.33. The SMILES string of the molecule is CCOc1ccccc1N1C(=O)C[C@H](Nc2ccccc2Cl)C1=O. The Morgan fingerprint density at radius 2 is 1.88 bits per heavy atom. The molecular weight excluding hydrogens is 328 g/mol. The normalized spacial score (nSPS) is 17.2. The number of nitrogens with one attached hydrogen (secondary N) is 1. The number of imide groups is 1. The van der Waals surface area contributed by atoms with Crippen LogP contribution in [0.25, 0.3) is 0 Å². The van der Waals surface area contributed by atoms with Gasteiger partial charge in [-0.25, -0.2) is 4.90 Å². The number of carbonyl (C=O) groups excluding carboxylic acids is 2. The van der Waals surface area contributed by atoms with Gasteiger partial charge in [-0.05, 0) is 31.2 Å². The summed E-state index contributed by atoms with van der Waals surface area (Å²) in [7, 11) is 0. The van der Waals surface area contributed by atoms with E-state index in [-0.39, 0.29) is 18.2 Å². The van der Waals surface area contributed by atoms with E-state index in [0.717, 1.165) is 0 Å². The average Bonchev–Trinajstić information content (AvgIpc) is 2.85. The van der Waals surface area contributed by atoms with Crippen LogP contribution in [0.5, 0.6) is 5.75 Å². The van der Waals surface area contributed by atoms with E-state index in [4.69, 9.17) is 16.3 Å². The van der Waals surface area contributed by atoms with Crippen LogP contribution in [0.4, 0.5) is 11.4 Å². The Morgan fingerprint density at radius 1 is 1.17 bits per heavy atom. The van der Waals surface area contributed by atoms with Crippen LogP contribution in [0.3, 0.4) is 0 Å². The topological polar surface area (TPSA) is 58.6 Å². The maximum absolute atomic E-state index is 12.7. The first-order valence-corrected chi connectivity index (χ1v) is 8.09. The predicted octanol–water partition coefficient (Wildman–Crippen LogP) is 3.48. The van der Waals surface area contributed by atoms with Crippen LogP contribution in [0, 0.1) is 0 Å². The summed E-state index contributed by atoms with van der Waals surface area (Å²) in [6.45, 7) is 2.31. The average molecular weight is 345 g/mol. The molecule has 2 amide bonds. The molecule has 0 saturated carbocycles. The van der Waals surface area contributed by atoms with Crippen molar-refractivity contribution in [3.05, 3.63) is 53.6 Å². The van der Waals surface area contributed by atoms with E-state index >= 15 is 0 Å². The zero-order chi connectivity index (χ0) is 17.1. The number of rotatable bonds is 5.